The predicted octanol–water partition coefficient (Wildman–Crippen LogP) is 3.13. The Kier molecular flexibility index (Phi) is 11.2. The summed E-state index contributed by atoms with van der Waals surface area (Å²) in [5.74, 6) is 0.0572. The number of methoxy groups -OCH3 is 2. The highest BCUT2D eigenvalue weighted by Crippen LogP contribution is 2.24. The quantitative estimate of drug-likeness (QED) is 0.414. The van der Waals surface area contributed by atoms with Gasteiger partial charge in [0.25, 0.3) is 0 Å². The summed E-state index contributed by atoms with van der Waals surface area (Å²) in [6, 6.07) is 16.5. The number of rotatable bonds is 13. The summed E-state index contributed by atoms with van der Waals surface area (Å²) in [6.45, 7) is 1.93. The van der Waals surface area contributed by atoms with Gasteiger partial charge < -0.3 is 25.0 Å². The second-order valence-corrected chi connectivity index (χ2v) is 9.18. The van der Waals surface area contributed by atoms with E-state index < -0.39 is 12.2 Å². The minimum absolute atomic E-state index is 0.122. The van der Waals surface area contributed by atoms with E-state index in [1.165, 1.54) is 0 Å². The van der Waals surface area contributed by atoms with Crippen LogP contribution in [-0.4, -0.2) is 69.4 Å². The minimum Gasteiger partial charge on any atom is -0.497 e. The Morgan fingerprint density at radius 1 is 1.08 bits per heavy atom. The molecular formula is C28H38FN3O4. The van der Waals surface area contributed by atoms with E-state index in [0.717, 1.165) is 16.9 Å². The molecule has 1 saturated heterocycles. The maximum absolute atomic E-state index is 14.4. The Balaban J connectivity index is 1.77. The number of benzene rings is 2. The largest absolute Gasteiger partial charge is 0.497 e. The molecule has 3 rings (SSSR count). The van der Waals surface area contributed by atoms with E-state index in [1.807, 2.05) is 54.6 Å². The predicted molar refractivity (Wildman–Crippen MR) is 137 cm³/mol. The van der Waals surface area contributed by atoms with Gasteiger partial charge in [0.2, 0.25) is 11.8 Å². The minimum atomic E-state index is -1.05. The Labute approximate surface area is 213 Å². The van der Waals surface area contributed by atoms with E-state index in [-0.39, 0.29) is 37.1 Å². The lowest BCUT2D eigenvalue weighted by molar-refractivity contribution is -0.143. The maximum atomic E-state index is 14.4. The van der Waals surface area contributed by atoms with Gasteiger partial charge >= 0.3 is 0 Å². The summed E-state index contributed by atoms with van der Waals surface area (Å²) in [4.78, 5) is 28.7. The number of nitrogens with one attached hydrogen (secondary N) is 2. The van der Waals surface area contributed by atoms with Crippen molar-refractivity contribution < 1.29 is 23.5 Å². The van der Waals surface area contributed by atoms with Crippen molar-refractivity contribution in [1.29, 1.82) is 0 Å². The number of halogens is 1. The summed E-state index contributed by atoms with van der Waals surface area (Å²) < 4.78 is 24.8. The van der Waals surface area contributed by atoms with Crippen LogP contribution in [0.15, 0.2) is 54.6 Å². The van der Waals surface area contributed by atoms with Crippen LogP contribution in [0.25, 0.3) is 0 Å². The Morgan fingerprint density at radius 3 is 2.50 bits per heavy atom. The fraction of sp³-hybridized carbons (Fsp3) is 0.500. The maximum Gasteiger partial charge on any atom is 0.243 e. The third kappa shape index (κ3) is 8.31. The zero-order chi connectivity index (χ0) is 25.8. The fourth-order valence-electron chi connectivity index (χ4n) is 4.65. The fourth-order valence-corrected chi connectivity index (χ4v) is 4.65. The highest BCUT2D eigenvalue weighted by Gasteiger charge is 2.38. The Hall–Kier alpha value is -2.97. The van der Waals surface area contributed by atoms with Crippen molar-refractivity contribution in [1.82, 2.24) is 15.5 Å². The summed E-state index contributed by atoms with van der Waals surface area (Å²) >= 11 is 0. The average Bonchev–Trinajstić information content (AvgIpc) is 2.91. The average molecular weight is 500 g/mol. The van der Waals surface area contributed by atoms with Crippen LogP contribution < -0.4 is 15.4 Å². The second kappa shape index (κ2) is 14.6. The molecule has 0 bridgehead atoms. The van der Waals surface area contributed by atoms with Gasteiger partial charge in [0.05, 0.1) is 7.11 Å². The van der Waals surface area contributed by atoms with Crippen molar-refractivity contribution >= 4 is 11.8 Å². The number of aryl methyl sites for hydroxylation is 1. The van der Waals surface area contributed by atoms with Crippen molar-refractivity contribution in [2.24, 2.45) is 5.92 Å². The van der Waals surface area contributed by atoms with Gasteiger partial charge in [-0.25, -0.2) is 4.39 Å². The molecule has 3 atom stereocenters. The number of carbonyl (C=O) groups excluding carboxylic acids is 2. The molecule has 3 unspecified atom stereocenters. The van der Waals surface area contributed by atoms with E-state index in [0.29, 0.717) is 39.1 Å². The lowest BCUT2D eigenvalue weighted by atomic mass is 9.88. The molecule has 0 saturated carbocycles. The smallest absolute Gasteiger partial charge is 0.243 e. The van der Waals surface area contributed by atoms with E-state index in [1.54, 1.807) is 19.1 Å². The standard InChI is InChI=1S/C28H38FN3O4/c1-35-16-6-15-32(26(33)14-11-21-9-12-25(36-2)13-10-21)27(23-17-24(29)20-30-19-23)28(34)31-18-22-7-4-3-5-8-22/h3-5,7-10,12-13,23-24,27,30H,6,11,14-20H2,1-2H3,(H,31,34). The third-order valence-electron chi connectivity index (χ3n) is 6.55. The van der Waals surface area contributed by atoms with Gasteiger partial charge in [0, 0.05) is 52.2 Å². The van der Waals surface area contributed by atoms with Gasteiger partial charge in [-0.2, -0.15) is 0 Å². The van der Waals surface area contributed by atoms with E-state index >= 15 is 0 Å². The van der Waals surface area contributed by atoms with E-state index in [2.05, 4.69) is 10.6 Å². The second-order valence-electron chi connectivity index (χ2n) is 9.18. The van der Waals surface area contributed by atoms with Crippen LogP contribution in [0.5, 0.6) is 5.75 Å². The molecule has 2 aromatic rings. The van der Waals surface area contributed by atoms with Crippen molar-refractivity contribution in [3.8, 4) is 5.75 Å². The highest BCUT2D eigenvalue weighted by atomic mass is 19.1. The number of carbonyl (C=O) groups is 2. The van der Waals surface area contributed by atoms with Gasteiger partial charge in [-0.1, -0.05) is 42.5 Å². The number of alkyl halides is 1. The van der Waals surface area contributed by atoms with E-state index in [4.69, 9.17) is 9.47 Å². The van der Waals surface area contributed by atoms with Gasteiger partial charge in [-0.3, -0.25) is 9.59 Å². The lowest BCUT2D eigenvalue weighted by Crippen LogP contribution is -2.57. The van der Waals surface area contributed by atoms with E-state index in [9.17, 15) is 14.0 Å². The molecule has 2 aromatic carbocycles. The van der Waals surface area contributed by atoms with Gasteiger partial charge in [0.15, 0.2) is 0 Å². The number of piperidine rings is 1. The molecule has 1 heterocycles. The highest BCUT2D eigenvalue weighted by molar-refractivity contribution is 5.88. The number of hydrogen-bond acceptors (Lipinski definition) is 5. The van der Waals surface area contributed by atoms with Gasteiger partial charge in [-0.15, -0.1) is 0 Å². The van der Waals surface area contributed by atoms with Crippen molar-refractivity contribution in [2.45, 2.75) is 44.4 Å². The zero-order valence-electron chi connectivity index (χ0n) is 21.3. The zero-order valence-corrected chi connectivity index (χ0v) is 21.3. The summed E-state index contributed by atoms with van der Waals surface area (Å²) in [7, 11) is 3.22. The van der Waals surface area contributed by atoms with Crippen LogP contribution in [0.3, 0.4) is 0 Å². The van der Waals surface area contributed by atoms with Gasteiger partial charge in [0.1, 0.15) is 18.0 Å². The van der Waals surface area contributed by atoms with Crippen LogP contribution in [0.2, 0.25) is 0 Å². The molecule has 8 heteroatoms. The van der Waals surface area contributed by atoms with Crippen LogP contribution in [0.4, 0.5) is 4.39 Å². The molecule has 0 spiro atoms. The molecule has 7 nitrogen and oxygen atoms in total. The van der Waals surface area contributed by atoms with Crippen LogP contribution >= 0.6 is 0 Å². The topological polar surface area (TPSA) is 79.9 Å². The molecule has 0 radical (unpaired) electrons. The summed E-state index contributed by atoms with van der Waals surface area (Å²) in [5, 5.41) is 6.09. The molecule has 1 fully saturated rings. The molecule has 0 aromatic heterocycles. The third-order valence-corrected chi connectivity index (χ3v) is 6.55. The van der Waals surface area contributed by atoms with Crippen LogP contribution in [0.1, 0.15) is 30.4 Å². The van der Waals surface area contributed by atoms with Crippen molar-refractivity contribution in [3.63, 3.8) is 0 Å². The van der Waals surface area contributed by atoms with Gasteiger partial charge in [-0.05, 0) is 42.5 Å². The van der Waals surface area contributed by atoms with Crippen LogP contribution in [-0.2, 0) is 27.3 Å². The SMILES string of the molecule is COCCCN(C(=O)CCc1ccc(OC)cc1)C(C(=O)NCc1ccccc1)C1CNCC(F)C1. The first-order chi connectivity index (χ1) is 17.5. The number of ether oxygens (including phenoxy) is 2. The molecule has 196 valence electrons. The summed E-state index contributed by atoms with van der Waals surface area (Å²) in [6.07, 6.45) is 0.566. The first kappa shape index (κ1) is 27.6. The normalized spacial score (nSPS) is 18.3. The number of amides is 2. The van der Waals surface area contributed by atoms with Crippen molar-refractivity contribution in [2.75, 3.05) is 40.5 Å². The summed E-state index contributed by atoms with van der Waals surface area (Å²) in [5.41, 5.74) is 1.97. The Morgan fingerprint density at radius 2 is 1.83 bits per heavy atom. The molecule has 36 heavy (non-hydrogen) atoms. The first-order valence-corrected chi connectivity index (χ1v) is 12.6. The number of hydrogen-bond donors (Lipinski definition) is 2. The molecule has 0 aliphatic carbocycles. The molecule has 2 N–H and O–H groups in total. The first-order valence-electron chi connectivity index (χ1n) is 12.6. The number of nitrogens with zero attached hydrogens (tertiary/aromatic N) is 1. The lowest BCUT2D eigenvalue weighted by Gasteiger charge is -2.39. The molecule has 2 amide bonds. The Bertz CT molecular complexity index is 942. The van der Waals surface area contributed by atoms with Crippen molar-refractivity contribution in [3.05, 3.63) is 65.7 Å². The van der Waals surface area contributed by atoms with Crippen LogP contribution in [0, 0.1) is 5.92 Å². The monoisotopic (exact) mass is 499 g/mol. The molecule has 1 aliphatic heterocycles. The molecule has 1 aliphatic rings. The molecular weight excluding hydrogens is 461 g/mol.